The van der Waals surface area contributed by atoms with E-state index in [1.807, 2.05) is 0 Å². The molecule has 1 fully saturated rings. The number of thioether (sulfide) groups is 1. The van der Waals surface area contributed by atoms with Crippen LogP contribution >= 0.6 is 11.8 Å². The van der Waals surface area contributed by atoms with Crippen LogP contribution in [0, 0.1) is 5.92 Å². The van der Waals surface area contributed by atoms with Crippen LogP contribution in [0.5, 0.6) is 0 Å². The molecule has 0 aromatic heterocycles. The van der Waals surface area contributed by atoms with Gasteiger partial charge in [0.05, 0.1) is 11.3 Å². The summed E-state index contributed by atoms with van der Waals surface area (Å²) in [6, 6.07) is 0. The highest BCUT2D eigenvalue weighted by Gasteiger charge is 2.52. The molecule has 0 unspecified atom stereocenters. The maximum Gasteiger partial charge on any atom is 0.352 e. The van der Waals surface area contributed by atoms with Crippen molar-refractivity contribution in [1.82, 2.24) is 4.90 Å². The fourth-order valence-corrected chi connectivity index (χ4v) is 3.58. The third kappa shape index (κ3) is 1.86. The predicted octanol–water partition coefficient (Wildman–Crippen LogP) is 0.855. The lowest BCUT2D eigenvalue weighted by Crippen LogP contribution is -2.61. The van der Waals surface area contributed by atoms with Crippen molar-refractivity contribution < 1.29 is 19.5 Å². The summed E-state index contributed by atoms with van der Waals surface area (Å²) in [7, 11) is 0. The van der Waals surface area contributed by atoms with Crippen LogP contribution in [0.4, 0.5) is 0 Å². The molecule has 17 heavy (non-hydrogen) atoms. The number of fused-ring (bicyclic) bond motifs is 1. The molecule has 0 aromatic carbocycles. The Kier molecular flexibility index (Phi) is 2.99. The molecule has 0 aromatic rings. The van der Waals surface area contributed by atoms with Gasteiger partial charge in [0.25, 0.3) is 0 Å². The molecular weight excluding hydrogens is 242 g/mol. The van der Waals surface area contributed by atoms with Crippen molar-refractivity contribution in [3.8, 4) is 0 Å². The number of β-lactam (4-membered cyclic amide) rings is 1. The summed E-state index contributed by atoms with van der Waals surface area (Å²) < 4.78 is 0. The first kappa shape index (κ1) is 12.2. The van der Waals surface area contributed by atoms with Gasteiger partial charge in [-0.1, -0.05) is 0 Å². The normalized spacial score (nSPS) is 27.6. The Bertz CT molecular complexity index is 443. The molecule has 0 bridgehead atoms. The molecule has 6 heteroatoms. The Balaban J connectivity index is 2.24. The number of carbonyl (C=O) groups is 3. The number of Topliss-reactive ketones (excluding diaryl/α,β-unsaturated/α-hetero) is 1. The van der Waals surface area contributed by atoms with Gasteiger partial charge in [-0.05, 0) is 19.4 Å². The standard InChI is InChI=1S/C11H13NO4S/c1-5-4-17-10-7(3-6(2)13)9(14)12(10)8(5)11(15)16/h7,10H,3-4H2,1-2H3,(H,15,16)/t7-,10-/m1/s1. The number of rotatable bonds is 3. The number of hydrogen-bond acceptors (Lipinski definition) is 4. The Morgan fingerprint density at radius 1 is 1.53 bits per heavy atom. The van der Waals surface area contributed by atoms with Crippen LogP contribution in [-0.2, 0) is 14.4 Å². The molecule has 0 saturated carbocycles. The molecule has 1 amide bonds. The summed E-state index contributed by atoms with van der Waals surface area (Å²) in [6.07, 6.45) is 0.207. The van der Waals surface area contributed by atoms with Crippen LogP contribution in [-0.4, -0.2) is 38.8 Å². The van der Waals surface area contributed by atoms with Gasteiger partial charge in [0.2, 0.25) is 5.91 Å². The number of carboxylic acids is 1. The van der Waals surface area contributed by atoms with Crippen molar-refractivity contribution >= 4 is 29.4 Å². The van der Waals surface area contributed by atoms with E-state index in [1.54, 1.807) is 6.92 Å². The number of hydrogen-bond donors (Lipinski definition) is 1. The summed E-state index contributed by atoms with van der Waals surface area (Å²) in [5, 5.41) is 8.91. The number of ketones is 1. The molecular formula is C11H13NO4S. The van der Waals surface area contributed by atoms with Crippen molar-refractivity contribution in [3.63, 3.8) is 0 Å². The fourth-order valence-electron chi connectivity index (χ4n) is 2.22. The Labute approximate surface area is 103 Å². The Morgan fingerprint density at radius 2 is 2.18 bits per heavy atom. The first-order chi connectivity index (χ1) is 7.93. The molecule has 5 nitrogen and oxygen atoms in total. The second kappa shape index (κ2) is 4.18. The highest BCUT2D eigenvalue weighted by Crippen LogP contribution is 2.44. The van der Waals surface area contributed by atoms with Gasteiger partial charge in [-0.25, -0.2) is 4.79 Å². The average Bonchev–Trinajstić information content (AvgIpc) is 2.24. The molecule has 0 spiro atoms. The van der Waals surface area contributed by atoms with Crippen LogP contribution in [0.3, 0.4) is 0 Å². The van der Waals surface area contributed by atoms with E-state index in [4.69, 9.17) is 5.11 Å². The summed E-state index contributed by atoms with van der Waals surface area (Å²) >= 11 is 1.53. The van der Waals surface area contributed by atoms with Crippen molar-refractivity contribution in [2.24, 2.45) is 5.92 Å². The van der Waals surface area contributed by atoms with E-state index >= 15 is 0 Å². The number of carboxylic acid groups (broad SMARTS) is 1. The third-order valence-corrected chi connectivity index (χ3v) is 4.46. The van der Waals surface area contributed by atoms with E-state index in [9.17, 15) is 14.4 Å². The largest absolute Gasteiger partial charge is 0.477 e. The number of carbonyl (C=O) groups excluding carboxylic acids is 2. The maximum absolute atomic E-state index is 11.9. The lowest BCUT2D eigenvalue weighted by Gasteiger charge is -2.49. The SMILES string of the molecule is CC(=O)C[C@@H]1C(=O)N2C(C(=O)O)=C(C)CS[C@H]12. The molecule has 1 N–H and O–H groups in total. The molecule has 2 atom stereocenters. The van der Waals surface area contributed by atoms with Crippen LogP contribution in [0.25, 0.3) is 0 Å². The minimum absolute atomic E-state index is 0.0354. The van der Waals surface area contributed by atoms with E-state index < -0.39 is 5.97 Å². The molecule has 0 aliphatic carbocycles. The zero-order valence-corrected chi connectivity index (χ0v) is 10.4. The fraction of sp³-hybridized carbons (Fsp3) is 0.545. The smallest absolute Gasteiger partial charge is 0.352 e. The van der Waals surface area contributed by atoms with Crippen LogP contribution < -0.4 is 0 Å². The maximum atomic E-state index is 11.9. The van der Waals surface area contributed by atoms with E-state index in [2.05, 4.69) is 0 Å². The highest BCUT2D eigenvalue weighted by molar-refractivity contribution is 8.00. The monoisotopic (exact) mass is 255 g/mol. The molecule has 2 rings (SSSR count). The Hall–Kier alpha value is -1.30. The molecule has 0 radical (unpaired) electrons. The van der Waals surface area contributed by atoms with E-state index in [-0.39, 0.29) is 35.1 Å². The number of aliphatic carboxylic acids is 1. The van der Waals surface area contributed by atoms with E-state index in [0.717, 1.165) is 0 Å². The lowest BCUT2D eigenvalue weighted by atomic mass is 9.91. The average molecular weight is 255 g/mol. The van der Waals surface area contributed by atoms with Gasteiger partial charge in [-0.15, -0.1) is 11.8 Å². The quantitative estimate of drug-likeness (QED) is 0.757. The second-order valence-corrected chi connectivity index (χ2v) is 5.46. The van der Waals surface area contributed by atoms with Crippen molar-refractivity contribution in [2.75, 3.05) is 5.75 Å². The van der Waals surface area contributed by atoms with Gasteiger partial charge in [-0.3, -0.25) is 9.69 Å². The van der Waals surface area contributed by atoms with Crippen molar-refractivity contribution in [2.45, 2.75) is 25.6 Å². The van der Waals surface area contributed by atoms with Gasteiger partial charge < -0.3 is 9.90 Å². The number of nitrogens with zero attached hydrogens (tertiary/aromatic N) is 1. The van der Waals surface area contributed by atoms with Crippen LogP contribution in [0.15, 0.2) is 11.3 Å². The molecule has 2 aliphatic rings. The van der Waals surface area contributed by atoms with E-state index in [0.29, 0.717) is 11.3 Å². The predicted molar refractivity (Wildman–Crippen MR) is 62.2 cm³/mol. The van der Waals surface area contributed by atoms with Gasteiger partial charge in [0.15, 0.2) is 0 Å². The minimum atomic E-state index is -1.07. The summed E-state index contributed by atoms with van der Waals surface area (Å²) in [5.41, 5.74) is 0.798. The minimum Gasteiger partial charge on any atom is -0.477 e. The van der Waals surface area contributed by atoms with Crippen molar-refractivity contribution in [1.29, 1.82) is 0 Å². The first-order valence-corrected chi connectivity index (χ1v) is 6.35. The third-order valence-electron chi connectivity index (χ3n) is 2.98. The summed E-state index contributed by atoms with van der Waals surface area (Å²) in [4.78, 5) is 35.3. The van der Waals surface area contributed by atoms with Crippen LogP contribution in [0.2, 0.25) is 0 Å². The van der Waals surface area contributed by atoms with Gasteiger partial charge in [0.1, 0.15) is 11.5 Å². The second-order valence-electron chi connectivity index (χ2n) is 4.36. The van der Waals surface area contributed by atoms with Gasteiger partial charge in [-0.2, -0.15) is 0 Å². The number of amides is 1. The zero-order chi connectivity index (χ0) is 12.7. The van der Waals surface area contributed by atoms with E-state index in [1.165, 1.54) is 23.6 Å². The van der Waals surface area contributed by atoms with Gasteiger partial charge in [0, 0.05) is 12.2 Å². The summed E-state index contributed by atoms with van der Waals surface area (Å²) in [6.45, 7) is 3.17. The van der Waals surface area contributed by atoms with Crippen LogP contribution in [0.1, 0.15) is 20.3 Å². The topological polar surface area (TPSA) is 74.7 Å². The highest BCUT2D eigenvalue weighted by atomic mass is 32.2. The van der Waals surface area contributed by atoms with Gasteiger partial charge >= 0.3 is 5.97 Å². The first-order valence-electron chi connectivity index (χ1n) is 5.30. The zero-order valence-electron chi connectivity index (χ0n) is 9.60. The van der Waals surface area contributed by atoms with Crippen molar-refractivity contribution in [3.05, 3.63) is 11.3 Å². The molecule has 92 valence electrons. The molecule has 1 saturated heterocycles. The molecule has 2 heterocycles. The molecule has 2 aliphatic heterocycles. The summed E-state index contributed by atoms with van der Waals surface area (Å²) in [5.74, 6) is -1.09. The lowest BCUT2D eigenvalue weighted by molar-refractivity contribution is -0.153. The Morgan fingerprint density at radius 3 is 2.71 bits per heavy atom.